The minimum Gasteiger partial charge on any atom is -0.311 e. The zero-order chi connectivity index (χ0) is 22.4. The lowest BCUT2D eigenvalue weighted by atomic mass is 10.1. The van der Waals surface area contributed by atoms with Gasteiger partial charge in [0.15, 0.2) is 0 Å². The highest BCUT2D eigenvalue weighted by Crippen LogP contribution is 2.37. The maximum Gasteiger partial charge on any atom is 0.230 e. The Bertz CT molecular complexity index is 1230. The van der Waals surface area contributed by atoms with Gasteiger partial charge in [0.05, 0.1) is 17.3 Å². The van der Waals surface area contributed by atoms with Crippen molar-refractivity contribution in [3.05, 3.63) is 70.4 Å². The minimum absolute atomic E-state index is 0.0110. The Kier molecular flexibility index (Phi) is 5.29. The van der Waals surface area contributed by atoms with Crippen molar-refractivity contribution in [1.29, 1.82) is 0 Å². The van der Waals surface area contributed by atoms with E-state index in [-0.39, 0.29) is 18.2 Å². The topological polar surface area (TPSA) is 67.2 Å². The molecule has 1 fully saturated rings. The molecule has 1 N–H and O–H groups in total. The first kappa shape index (κ1) is 20.8. The van der Waals surface area contributed by atoms with Crippen LogP contribution in [0.5, 0.6) is 0 Å². The van der Waals surface area contributed by atoms with Crippen LogP contribution in [-0.4, -0.2) is 28.1 Å². The SMILES string of the molecule is Cc1ccc(-n2nc3c(c2NC(=O)C2CC(=O)N(c4ccccc4C)C2)CSC3)c(C)c1. The van der Waals surface area contributed by atoms with Crippen LogP contribution >= 0.6 is 11.8 Å². The van der Waals surface area contributed by atoms with Crippen LogP contribution in [0, 0.1) is 26.7 Å². The van der Waals surface area contributed by atoms with Gasteiger partial charge in [-0.3, -0.25) is 9.59 Å². The normalized spacial score (nSPS) is 17.7. The van der Waals surface area contributed by atoms with E-state index in [0.29, 0.717) is 6.54 Å². The number of carbonyl (C=O) groups excluding carboxylic acids is 2. The van der Waals surface area contributed by atoms with Crippen molar-refractivity contribution in [3.63, 3.8) is 0 Å². The summed E-state index contributed by atoms with van der Waals surface area (Å²) in [6, 6.07) is 14.0. The summed E-state index contributed by atoms with van der Waals surface area (Å²) in [5, 5.41) is 7.97. The number of hydrogen-bond donors (Lipinski definition) is 1. The summed E-state index contributed by atoms with van der Waals surface area (Å²) in [5.41, 5.74) is 7.28. The van der Waals surface area contributed by atoms with Crippen molar-refractivity contribution in [2.75, 3.05) is 16.8 Å². The smallest absolute Gasteiger partial charge is 0.230 e. The van der Waals surface area contributed by atoms with Crippen molar-refractivity contribution in [2.45, 2.75) is 38.7 Å². The van der Waals surface area contributed by atoms with E-state index in [2.05, 4.69) is 37.4 Å². The van der Waals surface area contributed by atoms with Crippen LogP contribution in [-0.2, 0) is 21.1 Å². The summed E-state index contributed by atoms with van der Waals surface area (Å²) in [6.07, 6.45) is 0.217. The molecule has 6 nitrogen and oxygen atoms in total. The number of aryl methyl sites for hydroxylation is 3. The number of aromatic nitrogens is 2. The van der Waals surface area contributed by atoms with Crippen molar-refractivity contribution in [1.82, 2.24) is 9.78 Å². The third-order valence-electron chi connectivity index (χ3n) is 6.28. The molecular weight excluding hydrogens is 420 g/mol. The van der Waals surface area contributed by atoms with E-state index in [1.807, 2.05) is 35.9 Å². The molecule has 1 aromatic heterocycles. The molecule has 2 aliphatic heterocycles. The van der Waals surface area contributed by atoms with Gasteiger partial charge in [-0.15, -0.1) is 0 Å². The molecule has 2 aliphatic rings. The number of thioether (sulfide) groups is 1. The quantitative estimate of drug-likeness (QED) is 0.639. The van der Waals surface area contributed by atoms with E-state index in [1.165, 1.54) is 5.56 Å². The highest BCUT2D eigenvalue weighted by Gasteiger charge is 2.37. The number of rotatable bonds is 4. The summed E-state index contributed by atoms with van der Waals surface area (Å²) in [4.78, 5) is 27.8. The molecular formula is C25H26N4O2S. The van der Waals surface area contributed by atoms with Gasteiger partial charge in [-0.2, -0.15) is 16.9 Å². The summed E-state index contributed by atoms with van der Waals surface area (Å²) >= 11 is 1.80. The summed E-state index contributed by atoms with van der Waals surface area (Å²) in [6.45, 7) is 6.51. The average Bonchev–Trinajstić information content (AvgIpc) is 3.45. The van der Waals surface area contributed by atoms with Crippen LogP contribution in [0.25, 0.3) is 5.69 Å². The van der Waals surface area contributed by atoms with E-state index in [1.54, 1.807) is 16.7 Å². The van der Waals surface area contributed by atoms with Gasteiger partial charge in [-0.25, -0.2) is 4.68 Å². The number of amides is 2. The summed E-state index contributed by atoms with van der Waals surface area (Å²) in [5.74, 6) is 1.88. The van der Waals surface area contributed by atoms with Crippen molar-refractivity contribution in [2.24, 2.45) is 5.92 Å². The van der Waals surface area contributed by atoms with E-state index >= 15 is 0 Å². The second kappa shape index (κ2) is 8.13. The number of nitrogens with zero attached hydrogens (tertiary/aromatic N) is 3. The summed E-state index contributed by atoms with van der Waals surface area (Å²) < 4.78 is 1.87. The van der Waals surface area contributed by atoms with Gasteiger partial charge in [-0.05, 0) is 44.0 Å². The largest absolute Gasteiger partial charge is 0.311 e. The first-order chi connectivity index (χ1) is 15.4. The van der Waals surface area contributed by atoms with Crippen LogP contribution in [0.2, 0.25) is 0 Å². The first-order valence-corrected chi connectivity index (χ1v) is 12.0. The lowest BCUT2D eigenvalue weighted by Gasteiger charge is -2.19. The Balaban J connectivity index is 1.43. The molecule has 0 aliphatic carbocycles. The number of nitrogens with one attached hydrogen (secondary N) is 1. The standard InChI is InChI=1S/C25H26N4O2S/c1-15-8-9-22(17(3)10-15)29-24(19-13-32-14-20(19)27-29)26-25(31)18-11-23(30)28(12-18)21-7-5-4-6-16(21)2/h4-10,18H,11-14H2,1-3H3,(H,26,31). The van der Waals surface area contributed by atoms with Crippen molar-refractivity contribution in [3.8, 4) is 5.69 Å². The number of carbonyl (C=O) groups is 2. The molecule has 1 unspecified atom stereocenters. The minimum atomic E-state index is -0.394. The molecule has 0 radical (unpaired) electrons. The van der Waals surface area contributed by atoms with Crippen molar-refractivity contribution < 1.29 is 9.59 Å². The van der Waals surface area contributed by atoms with Crippen LogP contribution in [0.15, 0.2) is 42.5 Å². The maximum atomic E-state index is 13.3. The van der Waals surface area contributed by atoms with Crippen LogP contribution in [0.4, 0.5) is 11.5 Å². The monoisotopic (exact) mass is 446 g/mol. The van der Waals surface area contributed by atoms with Gasteiger partial charge < -0.3 is 10.2 Å². The number of para-hydroxylation sites is 1. The van der Waals surface area contributed by atoms with E-state index < -0.39 is 5.92 Å². The van der Waals surface area contributed by atoms with E-state index in [0.717, 1.165) is 51.1 Å². The number of hydrogen-bond acceptors (Lipinski definition) is 4. The third-order valence-corrected chi connectivity index (χ3v) is 7.25. The zero-order valence-electron chi connectivity index (χ0n) is 18.5. The second-order valence-electron chi connectivity index (χ2n) is 8.65. The fourth-order valence-corrected chi connectivity index (χ4v) is 5.59. The fraction of sp³-hybridized carbons (Fsp3) is 0.320. The number of anilines is 2. The predicted molar refractivity (Wildman–Crippen MR) is 128 cm³/mol. The molecule has 2 aromatic carbocycles. The van der Waals surface area contributed by atoms with Gasteiger partial charge in [-0.1, -0.05) is 35.9 Å². The molecule has 5 rings (SSSR count). The Labute approximate surface area is 192 Å². The Morgan fingerprint density at radius 2 is 1.88 bits per heavy atom. The zero-order valence-corrected chi connectivity index (χ0v) is 19.3. The molecule has 3 heterocycles. The molecule has 0 bridgehead atoms. The van der Waals surface area contributed by atoms with E-state index in [9.17, 15) is 9.59 Å². The molecule has 164 valence electrons. The molecule has 32 heavy (non-hydrogen) atoms. The molecule has 3 aromatic rings. The van der Waals surface area contributed by atoms with Crippen LogP contribution < -0.4 is 10.2 Å². The molecule has 1 atom stereocenters. The van der Waals surface area contributed by atoms with Gasteiger partial charge in [0.1, 0.15) is 5.82 Å². The first-order valence-electron chi connectivity index (χ1n) is 10.9. The predicted octanol–water partition coefficient (Wildman–Crippen LogP) is 4.54. The lowest BCUT2D eigenvalue weighted by molar-refractivity contribution is -0.122. The van der Waals surface area contributed by atoms with Gasteiger partial charge in [0, 0.05) is 35.7 Å². The highest BCUT2D eigenvalue weighted by atomic mass is 32.2. The van der Waals surface area contributed by atoms with Crippen LogP contribution in [0.1, 0.15) is 34.4 Å². The molecule has 2 amide bonds. The lowest BCUT2D eigenvalue weighted by Crippen LogP contribution is -2.29. The molecule has 0 saturated carbocycles. The molecule has 0 spiro atoms. The van der Waals surface area contributed by atoms with Gasteiger partial charge in [0.25, 0.3) is 0 Å². The second-order valence-corrected chi connectivity index (χ2v) is 9.64. The third kappa shape index (κ3) is 3.60. The van der Waals surface area contributed by atoms with Crippen molar-refractivity contribution >= 4 is 35.1 Å². The maximum absolute atomic E-state index is 13.3. The Morgan fingerprint density at radius 1 is 1.06 bits per heavy atom. The summed E-state index contributed by atoms with van der Waals surface area (Å²) in [7, 11) is 0. The van der Waals surface area contributed by atoms with E-state index in [4.69, 9.17) is 5.10 Å². The fourth-order valence-electron chi connectivity index (χ4n) is 4.56. The van der Waals surface area contributed by atoms with Gasteiger partial charge in [0.2, 0.25) is 11.8 Å². The average molecular weight is 447 g/mol. The number of fused-ring (bicyclic) bond motifs is 1. The Morgan fingerprint density at radius 3 is 2.66 bits per heavy atom. The van der Waals surface area contributed by atoms with Gasteiger partial charge >= 0.3 is 0 Å². The molecule has 1 saturated heterocycles. The van der Waals surface area contributed by atoms with Crippen LogP contribution in [0.3, 0.4) is 0 Å². The number of benzene rings is 2. The molecule has 7 heteroatoms. The Hall–Kier alpha value is -3.06. The highest BCUT2D eigenvalue weighted by molar-refractivity contribution is 7.98.